The molecule has 0 radical (unpaired) electrons. The zero-order valence-corrected chi connectivity index (χ0v) is 7.05. The maximum Gasteiger partial charge on any atom is 0.573 e. The Bertz CT molecular complexity index is 361. The van der Waals surface area contributed by atoms with Crippen molar-refractivity contribution in [1.82, 2.24) is 0 Å². The van der Waals surface area contributed by atoms with E-state index < -0.39 is 18.3 Å². The second-order valence-electron chi connectivity index (χ2n) is 2.36. The van der Waals surface area contributed by atoms with Gasteiger partial charge >= 0.3 is 12.6 Å². The van der Waals surface area contributed by atoms with E-state index in [2.05, 4.69) is 9.47 Å². The van der Waals surface area contributed by atoms with Crippen molar-refractivity contribution in [1.29, 1.82) is 0 Å². The Labute approximate surface area is 81.2 Å². The van der Waals surface area contributed by atoms with Crippen molar-refractivity contribution in [3.05, 3.63) is 24.3 Å². The fraction of sp³-hybridized carbons (Fsp3) is 0.125. The SMILES string of the molecule is O=C(F)Oc1cccc(OC(F)(F)F)c1. The van der Waals surface area contributed by atoms with E-state index in [0.717, 1.165) is 24.3 Å². The summed E-state index contributed by atoms with van der Waals surface area (Å²) in [6.45, 7) is 0. The van der Waals surface area contributed by atoms with Gasteiger partial charge in [-0.15, -0.1) is 17.6 Å². The van der Waals surface area contributed by atoms with Crippen LogP contribution in [0.25, 0.3) is 0 Å². The van der Waals surface area contributed by atoms with Crippen molar-refractivity contribution in [2.75, 3.05) is 0 Å². The molecule has 0 fully saturated rings. The predicted octanol–water partition coefficient (Wildman–Crippen LogP) is 3.05. The second-order valence-corrected chi connectivity index (χ2v) is 2.36. The van der Waals surface area contributed by atoms with Crippen LogP contribution in [0.15, 0.2) is 24.3 Å². The summed E-state index contributed by atoms with van der Waals surface area (Å²) in [5, 5.41) is 0. The molecule has 0 aromatic heterocycles. The Morgan fingerprint density at radius 1 is 1.20 bits per heavy atom. The molecule has 1 aromatic rings. The molecule has 0 amide bonds. The third-order valence-corrected chi connectivity index (χ3v) is 1.24. The first-order valence-corrected chi connectivity index (χ1v) is 3.60. The Kier molecular flexibility index (Phi) is 3.13. The molecule has 1 rings (SSSR count). The molecular weight excluding hydrogens is 220 g/mol. The smallest absolute Gasteiger partial charge is 0.406 e. The monoisotopic (exact) mass is 224 g/mol. The highest BCUT2D eigenvalue weighted by atomic mass is 19.4. The van der Waals surface area contributed by atoms with Gasteiger partial charge in [-0.2, -0.15) is 0 Å². The van der Waals surface area contributed by atoms with E-state index in [1.165, 1.54) is 0 Å². The van der Waals surface area contributed by atoms with Crippen molar-refractivity contribution >= 4 is 6.22 Å². The predicted molar refractivity (Wildman–Crippen MR) is 40.3 cm³/mol. The summed E-state index contributed by atoms with van der Waals surface area (Å²) in [5.74, 6) is -0.967. The van der Waals surface area contributed by atoms with Gasteiger partial charge in [-0.3, -0.25) is 0 Å². The van der Waals surface area contributed by atoms with E-state index in [0.29, 0.717) is 0 Å². The van der Waals surface area contributed by atoms with Gasteiger partial charge in [-0.05, 0) is 12.1 Å². The van der Waals surface area contributed by atoms with Crippen molar-refractivity contribution in [2.45, 2.75) is 6.36 Å². The Morgan fingerprint density at radius 3 is 2.33 bits per heavy atom. The lowest BCUT2D eigenvalue weighted by atomic mass is 10.3. The number of hydrogen-bond donors (Lipinski definition) is 0. The van der Waals surface area contributed by atoms with Crippen LogP contribution < -0.4 is 9.47 Å². The zero-order valence-electron chi connectivity index (χ0n) is 7.05. The van der Waals surface area contributed by atoms with Crippen LogP contribution >= 0.6 is 0 Å². The van der Waals surface area contributed by atoms with Gasteiger partial charge in [0.15, 0.2) is 0 Å². The molecule has 0 aliphatic heterocycles. The van der Waals surface area contributed by atoms with E-state index in [4.69, 9.17) is 0 Å². The van der Waals surface area contributed by atoms with Crippen LogP contribution in [-0.4, -0.2) is 12.6 Å². The first kappa shape index (κ1) is 11.3. The van der Waals surface area contributed by atoms with Crippen LogP contribution in [0.1, 0.15) is 0 Å². The van der Waals surface area contributed by atoms with Crippen LogP contribution in [0.2, 0.25) is 0 Å². The highest BCUT2D eigenvalue weighted by Gasteiger charge is 2.31. The molecule has 82 valence electrons. The largest absolute Gasteiger partial charge is 0.573 e. The fourth-order valence-corrected chi connectivity index (χ4v) is 0.827. The molecule has 1 aromatic carbocycles. The Morgan fingerprint density at radius 2 is 1.80 bits per heavy atom. The van der Waals surface area contributed by atoms with E-state index in [9.17, 15) is 22.4 Å². The van der Waals surface area contributed by atoms with Crippen LogP contribution in [0.3, 0.4) is 0 Å². The number of halogens is 4. The molecule has 0 saturated heterocycles. The van der Waals surface area contributed by atoms with Gasteiger partial charge in [-0.25, -0.2) is 4.79 Å². The summed E-state index contributed by atoms with van der Waals surface area (Å²) in [7, 11) is 0. The number of ether oxygens (including phenoxy) is 2. The van der Waals surface area contributed by atoms with Crippen LogP contribution in [0, 0.1) is 0 Å². The summed E-state index contributed by atoms with van der Waals surface area (Å²) in [6.07, 6.45) is -6.96. The summed E-state index contributed by atoms with van der Waals surface area (Å²) in [4.78, 5) is 9.86. The molecule has 0 atom stereocenters. The van der Waals surface area contributed by atoms with Crippen LogP contribution in [0.4, 0.5) is 22.4 Å². The standard InChI is InChI=1S/C8H4F4O3/c9-7(13)14-5-2-1-3-6(4-5)15-8(10,11)12/h1-4H. The maximum absolute atomic E-state index is 11.7. The molecular formula is C8H4F4O3. The van der Waals surface area contributed by atoms with E-state index >= 15 is 0 Å². The summed E-state index contributed by atoms with van der Waals surface area (Å²) >= 11 is 0. The molecule has 0 N–H and O–H groups in total. The minimum absolute atomic E-state index is 0.371. The van der Waals surface area contributed by atoms with E-state index in [1.807, 2.05) is 0 Å². The van der Waals surface area contributed by atoms with E-state index in [-0.39, 0.29) is 5.75 Å². The highest BCUT2D eigenvalue weighted by Crippen LogP contribution is 2.26. The molecule has 0 spiro atoms. The van der Waals surface area contributed by atoms with Crippen molar-refractivity contribution in [3.63, 3.8) is 0 Å². The maximum atomic E-state index is 11.7. The summed E-state index contributed by atoms with van der Waals surface area (Å²) in [5.41, 5.74) is 0. The number of carbonyl (C=O) groups excluding carboxylic acids is 1. The van der Waals surface area contributed by atoms with Gasteiger partial charge in [0.1, 0.15) is 11.5 Å². The molecule has 0 saturated carbocycles. The summed E-state index contributed by atoms with van der Waals surface area (Å²) in [6, 6.07) is 3.97. The number of alkyl halides is 3. The van der Waals surface area contributed by atoms with Crippen LogP contribution in [0.5, 0.6) is 11.5 Å². The Hall–Kier alpha value is -1.79. The Balaban J connectivity index is 2.79. The second kappa shape index (κ2) is 4.16. The van der Waals surface area contributed by atoms with Gasteiger partial charge in [0.05, 0.1) is 0 Å². The van der Waals surface area contributed by atoms with Crippen molar-refractivity contribution < 1.29 is 31.8 Å². The molecule has 7 heteroatoms. The third kappa shape index (κ3) is 4.30. The minimum atomic E-state index is -4.85. The minimum Gasteiger partial charge on any atom is -0.406 e. The lowest BCUT2D eigenvalue weighted by Crippen LogP contribution is -2.17. The summed E-state index contributed by atoms with van der Waals surface area (Å²) < 4.78 is 54.4. The molecule has 3 nitrogen and oxygen atoms in total. The first-order chi connectivity index (χ1) is 6.87. The molecule has 0 bridgehead atoms. The lowest BCUT2D eigenvalue weighted by Gasteiger charge is -2.08. The normalized spacial score (nSPS) is 10.9. The molecule has 0 aliphatic carbocycles. The van der Waals surface area contributed by atoms with Gasteiger partial charge < -0.3 is 9.47 Å². The number of carbonyl (C=O) groups is 1. The van der Waals surface area contributed by atoms with Crippen molar-refractivity contribution in [2.24, 2.45) is 0 Å². The third-order valence-electron chi connectivity index (χ3n) is 1.24. The van der Waals surface area contributed by atoms with Gasteiger partial charge in [0, 0.05) is 6.07 Å². The fourth-order valence-electron chi connectivity index (χ4n) is 0.827. The molecule has 15 heavy (non-hydrogen) atoms. The van der Waals surface area contributed by atoms with Gasteiger partial charge in [0.2, 0.25) is 0 Å². The highest BCUT2D eigenvalue weighted by molar-refractivity contribution is 5.62. The average molecular weight is 224 g/mol. The number of benzene rings is 1. The average Bonchev–Trinajstić information content (AvgIpc) is 1.99. The number of rotatable bonds is 2. The topological polar surface area (TPSA) is 35.5 Å². The molecule has 0 heterocycles. The zero-order chi connectivity index (χ0) is 11.5. The molecule has 0 unspecified atom stereocenters. The first-order valence-electron chi connectivity index (χ1n) is 3.60. The number of hydrogen-bond acceptors (Lipinski definition) is 3. The molecule has 0 aliphatic rings. The van der Waals surface area contributed by atoms with Crippen molar-refractivity contribution in [3.8, 4) is 11.5 Å². The quantitative estimate of drug-likeness (QED) is 0.572. The van der Waals surface area contributed by atoms with Gasteiger partial charge in [-0.1, -0.05) is 6.07 Å². The van der Waals surface area contributed by atoms with Gasteiger partial charge in [0.25, 0.3) is 0 Å². The van der Waals surface area contributed by atoms with Crippen LogP contribution in [-0.2, 0) is 0 Å². The lowest BCUT2D eigenvalue weighted by molar-refractivity contribution is -0.274. The van der Waals surface area contributed by atoms with E-state index in [1.54, 1.807) is 0 Å².